The molecule has 1 unspecified atom stereocenters. The van der Waals surface area contributed by atoms with E-state index in [9.17, 15) is 13.2 Å². The Kier molecular flexibility index (Phi) is 6.40. The average Bonchev–Trinajstić information content (AvgIpc) is 2.87. The molecule has 0 aliphatic carbocycles. The van der Waals surface area contributed by atoms with Gasteiger partial charge in [-0.25, -0.2) is 12.7 Å². The van der Waals surface area contributed by atoms with Crippen LogP contribution in [0.3, 0.4) is 0 Å². The molecule has 6 heteroatoms. The number of sulfonamides is 1. The zero-order chi connectivity index (χ0) is 17.7. The summed E-state index contributed by atoms with van der Waals surface area (Å²) in [6.45, 7) is 7.90. The molecule has 1 aliphatic heterocycles. The zero-order valence-electron chi connectivity index (χ0n) is 14.9. The first kappa shape index (κ1) is 18.9. The minimum atomic E-state index is -3.18. The third-order valence-corrected chi connectivity index (χ3v) is 6.72. The van der Waals surface area contributed by atoms with Gasteiger partial charge < -0.3 is 4.90 Å². The lowest BCUT2D eigenvalue weighted by Gasteiger charge is -2.22. The summed E-state index contributed by atoms with van der Waals surface area (Å²) < 4.78 is 25.5. The molecule has 1 atom stereocenters. The van der Waals surface area contributed by atoms with Crippen LogP contribution in [0.1, 0.15) is 55.5 Å². The Morgan fingerprint density at radius 1 is 1.08 bits per heavy atom. The van der Waals surface area contributed by atoms with Gasteiger partial charge in [0, 0.05) is 31.7 Å². The van der Waals surface area contributed by atoms with Crippen molar-refractivity contribution in [3.63, 3.8) is 0 Å². The lowest BCUT2D eigenvalue weighted by Crippen LogP contribution is -2.37. The molecule has 1 heterocycles. The van der Waals surface area contributed by atoms with E-state index in [1.807, 2.05) is 24.3 Å². The largest absolute Gasteiger partial charge is 0.337 e. The van der Waals surface area contributed by atoms with Crippen LogP contribution < -0.4 is 0 Å². The predicted octanol–water partition coefficient (Wildman–Crippen LogP) is 2.70. The van der Waals surface area contributed by atoms with Crippen molar-refractivity contribution in [2.75, 3.05) is 31.9 Å². The van der Waals surface area contributed by atoms with Gasteiger partial charge in [-0.1, -0.05) is 26.0 Å². The molecule has 0 radical (unpaired) electrons. The number of rotatable bonds is 5. The standard InChI is InChI=1S/C18H28N2O3S/c1-4-15(3)16-7-9-17(10-8-16)18(21)19-11-6-12-20(14-13-19)24(22,23)5-2/h7-10,15H,4-6,11-14H2,1-3H3. The fraction of sp³-hybridized carbons (Fsp3) is 0.611. The van der Waals surface area contributed by atoms with E-state index in [2.05, 4.69) is 13.8 Å². The molecular formula is C18H28N2O3S. The summed E-state index contributed by atoms with van der Waals surface area (Å²) in [5.41, 5.74) is 1.92. The van der Waals surface area contributed by atoms with Crippen molar-refractivity contribution in [1.82, 2.24) is 9.21 Å². The van der Waals surface area contributed by atoms with Crippen LogP contribution in [0.2, 0.25) is 0 Å². The highest BCUT2D eigenvalue weighted by molar-refractivity contribution is 7.89. The van der Waals surface area contributed by atoms with Crippen molar-refractivity contribution in [3.8, 4) is 0 Å². The maximum absolute atomic E-state index is 12.7. The Morgan fingerprint density at radius 3 is 2.33 bits per heavy atom. The quantitative estimate of drug-likeness (QED) is 0.819. The van der Waals surface area contributed by atoms with Gasteiger partial charge in [0.05, 0.1) is 5.75 Å². The second kappa shape index (κ2) is 8.12. The van der Waals surface area contributed by atoms with E-state index >= 15 is 0 Å². The van der Waals surface area contributed by atoms with E-state index in [0.717, 1.165) is 6.42 Å². The average molecular weight is 353 g/mol. The molecule has 1 amide bonds. The molecule has 1 aromatic carbocycles. The van der Waals surface area contributed by atoms with Crippen molar-refractivity contribution in [2.45, 2.75) is 39.5 Å². The van der Waals surface area contributed by atoms with Crippen LogP contribution in [-0.2, 0) is 10.0 Å². The molecule has 2 rings (SSSR count). The first-order chi connectivity index (χ1) is 11.4. The van der Waals surface area contributed by atoms with Crippen molar-refractivity contribution >= 4 is 15.9 Å². The lowest BCUT2D eigenvalue weighted by molar-refractivity contribution is 0.0764. The maximum Gasteiger partial charge on any atom is 0.253 e. The van der Waals surface area contributed by atoms with Gasteiger partial charge in [-0.2, -0.15) is 0 Å². The molecule has 0 aromatic heterocycles. The lowest BCUT2D eigenvalue weighted by atomic mass is 9.97. The van der Waals surface area contributed by atoms with E-state index in [-0.39, 0.29) is 11.7 Å². The number of carbonyl (C=O) groups excluding carboxylic acids is 1. The first-order valence-corrected chi connectivity index (χ1v) is 10.4. The summed E-state index contributed by atoms with van der Waals surface area (Å²) in [5, 5.41) is 0. The van der Waals surface area contributed by atoms with Crippen LogP contribution >= 0.6 is 0 Å². The minimum absolute atomic E-state index is 0.0125. The van der Waals surface area contributed by atoms with E-state index in [1.54, 1.807) is 11.8 Å². The van der Waals surface area contributed by atoms with Gasteiger partial charge >= 0.3 is 0 Å². The molecule has 0 bridgehead atoms. The summed E-state index contributed by atoms with van der Waals surface area (Å²) >= 11 is 0. The second-order valence-electron chi connectivity index (χ2n) is 6.38. The van der Waals surface area contributed by atoms with Gasteiger partial charge in [-0.05, 0) is 43.4 Å². The molecular weight excluding hydrogens is 324 g/mol. The van der Waals surface area contributed by atoms with E-state index in [4.69, 9.17) is 0 Å². The molecule has 1 aliphatic rings. The third-order valence-electron chi connectivity index (χ3n) is 4.84. The smallest absolute Gasteiger partial charge is 0.253 e. The predicted molar refractivity (Wildman–Crippen MR) is 96.7 cm³/mol. The topological polar surface area (TPSA) is 57.7 Å². The highest BCUT2D eigenvalue weighted by atomic mass is 32.2. The van der Waals surface area contributed by atoms with E-state index < -0.39 is 10.0 Å². The Labute approximate surface area is 145 Å². The van der Waals surface area contributed by atoms with Crippen molar-refractivity contribution in [3.05, 3.63) is 35.4 Å². The Bertz CT molecular complexity index is 655. The van der Waals surface area contributed by atoms with Gasteiger partial charge in [0.2, 0.25) is 10.0 Å². The van der Waals surface area contributed by atoms with Crippen LogP contribution in [0.5, 0.6) is 0 Å². The molecule has 5 nitrogen and oxygen atoms in total. The summed E-state index contributed by atoms with van der Waals surface area (Å²) in [6, 6.07) is 7.81. The fourth-order valence-corrected chi connectivity index (χ4v) is 4.06. The second-order valence-corrected chi connectivity index (χ2v) is 8.63. The summed E-state index contributed by atoms with van der Waals surface area (Å²) in [7, 11) is -3.18. The number of benzene rings is 1. The molecule has 0 N–H and O–H groups in total. The third kappa shape index (κ3) is 4.36. The SMILES string of the molecule is CCC(C)c1ccc(C(=O)N2CCCN(S(=O)(=O)CC)CC2)cc1. The van der Waals surface area contributed by atoms with Crippen LogP contribution in [0, 0.1) is 0 Å². The summed E-state index contributed by atoms with van der Waals surface area (Å²) in [5.74, 6) is 0.583. The monoisotopic (exact) mass is 352 g/mol. The zero-order valence-corrected chi connectivity index (χ0v) is 15.7. The van der Waals surface area contributed by atoms with Crippen molar-refractivity contribution in [2.24, 2.45) is 0 Å². The molecule has 1 saturated heterocycles. The van der Waals surface area contributed by atoms with Gasteiger partial charge in [0.15, 0.2) is 0 Å². The van der Waals surface area contributed by atoms with Crippen LogP contribution in [0.25, 0.3) is 0 Å². The van der Waals surface area contributed by atoms with Crippen molar-refractivity contribution < 1.29 is 13.2 Å². The highest BCUT2D eigenvalue weighted by Gasteiger charge is 2.25. The van der Waals surface area contributed by atoms with Crippen LogP contribution in [0.4, 0.5) is 0 Å². The van der Waals surface area contributed by atoms with Crippen LogP contribution in [0.15, 0.2) is 24.3 Å². The van der Waals surface area contributed by atoms with Gasteiger partial charge in [-0.15, -0.1) is 0 Å². The number of hydrogen-bond acceptors (Lipinski definition) is 3. The molecule has 0 saturated carbocycles. The van der Waals surface area contributed by atoms with E-state index in [0.29, 0.717) is 44.1 Å². The molecule has 1 fully saturated rings. The number of amides is 1. The molecule has 1 aromatic rings. The van der Waals surface area contributed by atoms with Crippen LogP contribution in [-0.4, -0.2) is 55.5 Å². The summed E-state index contributed by atoms with van der Waals surface area (Å²) in [4.78, 5) is 14.5. The maximum atomic E-state index is 12.7. The highest BCUT2D eigenvalue weighted by Crippen LogP contribution is 2.20. The number of carbonyl (C=O) groups is 1. The number of nitrogens with zero attached hydrogens (tertiary/aromatic N) is 2. The van der Waals surface area contributed by atoms with E-state index in [1.165, 1.54) is 9.87 Å². The van der Waals surface area contributed by atoms with Crippen molar-refractivity contribution in [1.29, 1.82) is 0 Å². The van der Waals surface area contributed by atoms with Gasteiger partial charge in [0.1, 0.15) is 0 Å². The Balaban J connectivity index is 2.05. The fourth-order valence-electron chi connectivity index (χ4n) is 2.93. The molecule has 134 valence electrons. The Morgan fingerprint density at radius 2 is 1.75 bits per heavy atom. The van der Waals surface area contributed by atoms with Gasteiger partial charge in [-0.3, -0.25) is 4.79 Å². The van der Waals surface area contributed by atoms with Gasteiger partial charge in [0.25, 0.3) is 5.91 Å². The molecule has 0 spiro atoms. The minimum Gasteiger partial charge on any atom is -0.337 e. The Hall–Kier alpha value is -1.40. The normalized spacial score (nSPS) is 18.2. The molecule has 24 heavy (non-hydrogen) atoms. The summed E-state index contributed by atoms with van der Waals surface area (Å²) in [6.07, 6.45) is 1.75. The number of hydrogen-bond donors (Lipinski definition) is 0. The first-order valence-electron chi connectivity index (χ1n) is 8.76.